The highest BCUT2D eigenvalue weighted by Gasteiger charge is 2.29. The smallest absolute Gasteiger partial charge is 0.251 e. The Morgan fingerprint density at radius 1 is 1.53 bits per heavy atom. The molecule has 1 aliphatic rings. The second-order valence-corrected chi connectivity index (χ2v) is 6.42. The lowest BCUT2D eigenvalue weighted by atomic mass is 9.75. The molecule has 1 aromatic rings. The van der Waals surface area contributed by atoms with E-state index >= 15 is 0 Å². The maximum absolute atomic E-state index is 12.2. The number of nitrogen functional groups attached to an aromatic ring is 1. The highest BCUT2D eigenvalue weighted by atomic mass is 35.5. The molecule has 1 aliphatic carbocycles. The first-order valence-corrected chi connectivity index (χ1v) is 6.97. The van der Waals surface area contributed by atoms with Crippen molar-refractivity contribution < 1.29 is 4.79 Å². The number of anilines is 1. The predicted molar refractivity (Wildman–Crippen MR) is 77.2 cm³/mol. The van der Waals surface area contributed by atoms with E-state index < -0.39 is 0 Å². The summed E-state index contributed by atoms with van der Waals surface area (Å²) in [6.07, 6.45) is 4.40. The van der Waals surface area contributed by atoms with E-state index in [1.54, 1.807) is 12.1 Å². The fourth-order valence-electron chi connectivity index (χ4n) is 2.74. The molecule has 0 saturated heterocycles. The van der Waals surface area contributed by atoms with Crippen LogP contribution in [0.3, 0.4) is 0 Å². The Kier molecular flexibility index (Phi) is 3.99. The molecule has 2 rings (SSSR count). The molecule has 0 radical (unpaired) electrons. The number of hydrogen-bond donors (Lipinski definition) is 2. The average Bonchev–Trinajstić information content (AvgIpc) is 2.26. The summed E-state index contributed by atoms with van der Waals surface area (Å²) in [5.74, 6) is 0.139. The van der Waals surface area contributed by atoms with Gasteiger partial charge in [-0.3, -0.25) is 4.79 Å². The summed E-state index contributed by atoms with van der Waals surface area (Å²) < 4.78 is 0. The van der Waals surface area contributed by atoms with Crippen LogP contribution in [-0.4, -0.2) is 16.9 Å². The maximum Gasteiger partial charge on any atom is 0.251 e. The second-order valence-electron chi connectivity index (χ2n) is 6.03. The van der Waals surface area contributed by atoms with Crippen LogP contribution in [-0.2, 0) is 0 Å². The van der Waals surface area contributed by atoms with Gasteiger partial charge in [-0.25, -0.2) is 4.98 Å². The van der Waals surface area contributed by atoms with Gasteiger partial charge in [0.25, 0.3) is 5.91 Å². The van der Waals surface area contributed by atoms with E-state index in [2.05, 4.69) is 24.1 Å². The number of carbonyl (C=O) groups excluding carboxylic acids is 1. The van der Waals surface area contributed by atoms with Crippen molar-refractivity contribution in [1.82, 2.24) is 10.3 Å². The Hall–Kier alpha value is -1.29. The lowest BCUT2D eigenvalue weighted by Crippen LogP contribution is -2.40. The molecule has 0 aromatic carbocycles. The van der Waals surface area contributed by atoms with Gasteiger partial charge in [0.05, 0.1) is 0 Å². The van der Waals surface area contributed by atoms with Gasteiger partial charge in [0, 0.05) is 11.6 Å². The monoisotopic (exact) mass is 281 g/mol. The number of halogens is 1. The van der Waals surface area contributed by atoms with Crippen LogP contribution in [0.1, 0.15) is 49.9 Å². The molecule has 1 heterocycles. The Bertz CT molecular complexity index is 467. The number of pyridine rings is 1. The molecule has 1 fully saturated rings. The van der Waals surface area contributed by atoms with Crippen LogP contribution < -0.4 is 11.1 Å². The molecule has 1 saturated carbocycles. The highest BCUT2D eigenvalue weighted by molar-refractivity contribution is 6.29. The van der Waals surface area contributed by atoms with Crippen LogP contribution in [0.2, 0.25) is 5.15 Å². The molecule has 4 nitrogen and oxygen atoms in total. The number of hydrogen-bond acceptors (Lipinski definition) is 3. The third-order valence-electron chi connectivity index (χ3n) is 3.62. The van der Waals surface area contributed by atoms with Crippen molar-refractivity contribution in [1.29, 1.82) is 0 Å². The molecule has 1 aromatic heterocycles. The zero-order chi connectivity index (χ0) is 14.0. The first-order chi connectivity index (χ1) is 8.85. The van der Waals surface area contributed by atoms with Gasteiger partial charge >= 0.3 is 0 Å². The molecule has 5 heteroatoms. The fourth-order valence-corrected chi connectivity index (χ4v) is 2.95. The summed E-state index contributed by atoms with van der Waals surface area (Å²) in [6, 6.07) is 3.32. The van der Waals surface area contributed by atoms with Gasteiger partial charge in [-0.1, -0.05) is 31.9 Å². The SMILES string of the molecule is CC1(C)CCCC(NC(=O)c2cc(N)nc(Cl)c2)C1. The van der Waals surface area contributed by atoms with Crippen LogP contribution in [0, 0.1) is 5.41 Å². The Morgan fingerprint density at radius 3 is 2.89 bits per heavy atom. The van der Waals surface area contributed by atoms with E-state index in [-0.39, 0.29) is 22.9 Å². The highest BCUT2D eigenvalue weighted by Crippen LogP contribution is 2.35. The lowest BCUT2D eigenvalue weighted by Gasteiger charge is -2.35. The summed E-state index contributed by atoms with van der Waals surface area (Å²) in [5.41, 5.74) is 6.37. The van der Waals surface area contributed by atoms with Crippen molar-refractivity contribution in [3.05, 3.63) is 22.8 Å². The Morgan fingerprint density at radius 2 is 2.26 bits per heavy atom. The molecule has 1 atom stereocenters. The van der Waals surface area contributed by atoms with Crippen molar-refractivity contribution in [2.45, 2.75) is 45.6 Å². The topological polar surface area (TPSA) is 68.0 Å². The number of nitrogens with one attached hydrogen (secondary N) is 1. The predicted octanol–water partition coefficient (Wildman–Crippen LogP) is 3.02. The van der Waals surface area contributed by atoms with Gasteiger partial charge in [-0.05, 0) is 36.8 Å². The van der Waals surface area contributed by atoms with Crippen LogP contribution in [0.25, 0.3) is 0 Å². The lowest BCUT2D eigenvalue weighted by molar-refractivity contribution is 0.0902. The first-order valence-electron chi connectivity index (χ1n) is 6.60. The molecule has 0 bridgehead atoms. The van der Waals surface area contributed by atoms with Gasteiger partial charge < -0.3 is 11.1 Å². The number of rotatable bonds is 2. The third-order valence-corrected chi connectivity index (χ3v) is 3.81. The average molecular weight is 282 g/mol. The van der Waals surface area contributed by atoms with Crippen LogP contribution in [0.5, 0.6) is 0 Å². The molecule has 104 valence electrons. The molecule has 1 amide bonds. The Balaban J connectivity index is 2.04. The number of nitrogens with two attached hydrogens (primary N) is 1. The molecule has 19 heavy (non-hydrogen) atoms. The molecular weight excluding hydrogens is 262 g/mol. The maximum atomic E-state index is 12.2. The molecule has 0 spiro atoms. The second kappa shape index (κ2) is 5.37. The summed E-state index contributed by atoms with van der Waals surface area (Å²) in [7, 11) is 0. The Labute approximate surface area is 118 Å². The fraction of sp³-hybridized carbons (Fsp3) is 0.571. The summed E-state index contributed by atoms with van der Waals surface area (Å²) in [5, 5.41) is 3.31. The molecule has 0 aliphatic heterocycles. The van der Waals surface area contributed by atoms with E-state index in [0.717, 1.165) is 19.3 Å². The minimum Gasteiger partial charge on any atom is -0.384 e. The quantitative estimate of drug-likeness (QED) is 0.819. The van der Waals surface area contributed by atoms with Crippen molar-refractivity contribution in [3.8, 4) is 0 Å². The van der Waals surface area contributed by atoms with Crippen LogP contribution >= 0.6 is 11.6 Å². The van der Waals surface area contributed by atoms with E-state index in [1.807, 2.05) is 0 Å². The van der Waals surface area contributed by atoms with Gasteiger partial charge in [0.15, 0.2) is 0 Å². The van der Waals surface area contributed by atoms with Crippen LogP contribution in [0.4, 0.5) is 5.82 Å². The number of aromatic nitrogens is 1. The van der Waals surface area contributed by atoms with Gasteiger partial charge in [-0.2, -0.15) is 0 Å². The summed E-state index contributed by atoms with van der Waals surface area (Å²) in [6.45, 7) is 4.49. The number of carbonyl (C=O) groups is 1. The summed E-state index contributed by atoms with van der Waals surface area (Å²) >= 11 is 5.81. The van der Waals surface area contributed by atoms with E-state index in [9.17, 15) is 4.79 Å². The minimum absolute atomic E-state index is 0.126. The standard InChI is InChI=1S/C14H20ClN3O/c1-14(2)5-3-4-10(8-14)17-13(19)9-6-11(15)18-12(16)7-9/h6-7,10H,3-5,8H2,1-2H3,(H2,16,18)(H,17,19). The van der Waals surface area contributed by atoms with Crippen molar-refractivity contribution in [2.24, 2.45) is 5.41 Å². The number of nitrogens with zero attached hydrogens (tertiary/aromatic N) is 1. The normalized spacial score (nSPS) is 21.9. The van der Waals surface area contributed by atoms with Crippen LogP contribution in [0.15, 0.2) is 12.1 Å². The van der Waals surface area contributed by atoms with Crippen molar-refractivity contribution in [2.75, 3.05) is 5.73 Å². The zero-order valence-electron chi connectivity index (χ0n) is 11.4. The van der Waals surface area contributed by atoms with Gasteiger partial charge in [0.1, 0.15) is 11.0 Å². The molecular formula is C14H20ClN3O. The number of amides is 1. The van der Waals surface area contributed by atoms with Crippen molar-refractivity contribution in [3.63, 3.8) is 0 Å². The van der Waals surface area contributed by atoms with E-state index in [0.29, 0.717) is 11.0 Å². The van der Waals surface area contributed by atoms with Gasteiger partial charge in [0.2, 0.25) is 0 Å². The van der Waals surface area contributed by atoms with Crippen molar-refractivity contribution >= 4 is 23.3 Å². The third kappa shape index (κ3) is 3.83. The first kappa shape index (κ1) is 14.1. The molecule has 3 N–H and O–H groups in total. The van der Waals surface area contributed by atoms with Gasteiger partial charge in [-0.15, -0.1) is 0 Å². The molecule has 1 unspecified atom stereocenters. The van der Waals surface area contributed by atoms with E-state index in [4.69, 9.17) is 17.3 Å². The minimum atomic E-state index is -0.126. The largest absolute Gasteiger partial charge is 0.384 e. The van der Waals surface area contributed by atoms with E-state index in [1.165, 1.54) is 6.42 Å². The zero-order valence-corrected chi connectivity index (χ0v) is 12.1. The summed E-state index contributed by atoms with van der Waals surface area (Å²) in [4.78, 5) is 16.0.